The van der Waals surface area contributed by atoms with E-state index in [4.69, 9.17) is 9.47 Å². The van der Waals surface area contributed by atoms with Gasteiger partial charge in [-0.1, -0.05) is 177 Å². The third-order valence-corrected chi connectivity index (χ3v) is 12.6. The number of esters is 2. The summed E-state index contributed by atoms with van der Waals surface area (Å²) >= 11 is 0. The van der Waals surface area contributed by atoms with Crippen molar-refractivity contribution >= 4 is 11.9 Å². The van der Waals surface area contributed by atoms with Crippen molar-refractivity contribution < 1.29 is 29.3 Å². The van der Waals surface area contributed by atoms with Crippen LogP contribution in [0.3, 0.4) is 0 Å². The Morgan fingerprint density at radius 1 is 0.385 bits per heavy atom. The highest BCUT2D eigenvalue weighted by Crippen LogP contribution is 2.49. The van der Waals surface area contributed by atoms with E-state index < -0.39 is 39.0 Å². The first-order valence-electron chi connectivity index (χ1n) is 23.5. The topological polar surface area (TPSA) is 93.1 Å². The lowest BCUT2D eigenvalue weighted by Gasteiger charge is -2.36. The summed E-state index contributed by atoms with van der Waals surface area (Å²) in [5.41, 5.74) is 0.104. The quantitative estimate of drug-likeness (QED) is 0.0936. The van der Waals surface area contributed by atoms with E-state index >= 15 is 9.59 Å². The minimum absolute atomic E-state index is 0.0847. The van der Waals surface area contributed by atoms with Gasteiger partial charge in [-0.3, -0.25) is 0 Å². The summed E-state index contributed by atoms with van der Waals surface area (Å²) in [6.45, 7) is 46.2. The van der Waals surface area contributed by atoms with Crippen molar-refractivity contribution in [1.82, 2.24) is 0 Å². The summed E-state index contributed by atoms with van der Waals surface area (Å²) in [5.74, 6) is -1.01. The number of rotatable bonds is 10. The van der Waals surface area contributed by atoms with Gasteiger partial charge in [-0.15, -0.1) is 0 Å². The summed E-state index contributed by atoms with van der Waals surface area (Å²) < 4.78 is 13.0. The van der Waals surface area contributed by atoms with Gasteiger partial charge in [0, 0.05) is 0 Å². The highest BCUT2D eigenvalue weighted by atomic mass is 16.6. The molecule has 0 unspecified atom stereocenters. The zero-order valence-electron chi connectivity index (χ0n) is 44.4. The van der Waals surface area contributed by atoms with E-state index in [9.17, 15) is 10.2 Å². The molecule has 65 heavy (non-hydrogen) atoms. The van der Waals surface area contributed by atoms with Gasteiger partial charge in [-0.25, -0.2) is 9.59 Å². The van der Waals surface area contributed by atoms with Gasteiger partial charge in [0.1, 0.15) is 23.0 Å². The van der Waals surface area contributed by atoms with E-state index in [1.165, 1.54) is 0 Å². The molecule has 0 saturated heterocycles. The molecule has 0 aromatic heterocycles. The maximum Gasteiger partial charge on any atom is 0.338 e. The van der Waals surface area contributed by atoms with Crippen molar-refractivity contribution in [2.75, 3.05) is 0 Å². The van der Waals surface area contributed by atoms with Gasteiger partial charge in [0.2, 0.25) is 5.41 Å². The Balaban J connectivity index is 2.20. The molecule has 0 radical (unpaired) electrons. The summed E-state index contributed by atoms with van der Waals surface area (Å²) in [6, 6.07) is 22.2. The van der Waals surface area contributed by atoms with Crippen LogP contribution in [0.2, 0.25) is 0 Å². The van der Waals surface area contributed by atoms with Crippen LogP contribution in [-0.4, -0.2) is 22.2 Å². The van der Waals surface area contributed by atoms with Gasteiger partial charge in [0.05, 0.1) is 0 Å². The molecule has 2 N–H and O–H groups in total. The largest absolute Gasteiger partial charge is 0.507 e. The van der Waals surface area contributed by atoms with Gasteiger partial charge in [0.25, 0.3) is 0 Å². The Labute approximate surface area is 394 Å². The number of benzene rings is 4. The molecule has 0 aliphatic rings. The van der Waals surface area contributed by atoms with E-state index in [2.05, 4.69) is 69.2 Å². The highest BCUT2D eigenvalue weighted by molar-refractivity contribution is 6.11. The Morgan fingerprint density at radius 2 is 0.615 bits per heavy atom. The Bertz CT molecular complexity index is 2110. The second-order valence-corrected chi connectivity index (χ2v) is 26.7. The monoisotopic (exact) mass is 889 g/mol. The van der Waals surface area contributed by atoms with Gasteiger partial charge >= 0.3 is 11.9 Å². The Morgan fingerprint density at radius 3 is 0.815 bits per heavy atom. The smallest absolute Gasteiger partial charge is 0.338 e. The van der Waals surface area contributed by atoms with Crippen molar-refractivity contribution in [3.8, 4) is 23.0 Å². The fourth-order valence-electron chi connectivity index (χ4n) is 9.88. The average Bonchev–Trinajstić information content (AvgIpc) is 3.09. The molecule has 4 aromatic carbocycles. The van der Waals surface area contributed by atoms with Crippen LogP contribution < -0.4 is 9.47 Å². The highest BCUT2D eigenvalue weighted by Gasteiger charge is 2.55. The van der Waals surface area contributed by atoms with Crippen LogP contribution in [-0.2, 0) is 47.5 Å². The predicted molar refractivity (Wildman–Crippen MR) is 270 cm³/mol. The molecular formula is C59H84O6. The number of phenolic OH excluding ortho intramolecular Hbond substituents is 2. The van der Waals surface area contributed by atoms with Crippen LogP contribution in [0, 0.1) is 10.8 Å². The first kappa shape index (κ1) is 53.0. The van der Waals surface area contributed by atoms with Crippen LogP contribution in [0.1, 0.15) is 210 Å². The normalized spacial score (nSPS) is 13.8. The molecule has 6 nitrogen and oxygen atoms in total. The third kappa shape index (κ3) is 12.1. The number of ether oxygens (including phenoxy) is 2. The SMILES string of the molecule is CC(C)(C)CC(C)(C)c1ccc(OC(=O)C(C(=O)Oc2ccc(C(C)(C)CC(C)(C)C)cc2)(c2cc(C(C)(C)C)c(O)c(C(C)(C)C)c2)c2cc(C(C)(C)C)c(O)c(C(C)(C)C)c2)cc1. The molecule has 6 heteroatoms. The lowest BCUT2D eigenvalue weighted by atomic mass is 9.67. The Kier molecular flexibility index (Phi) is 14.3. The van der Waals surface area contributed by atoms with Crippen molar-refractivity contribution in [3.63, 3.8) is 0 Å². The molecule has 0 bridgehead atoms. The van der Waals surface area contributed by atoms with Crippen LogP contribution in [0.5, 0.6) is 23.0 Å². The molecule has 356 valence electrons. The average molecular weight is 889 g/mol. The summed E-state index contributed by atoms with van der Waals surface area (Å²) in [7, 11) is 0. The predicted octanol–water partition coefficient (Wildman–Crippen LogP) is 15.2. The van der Waals surface area contributed by atoms with Gasteiger partial charge in [-0.2, -0.15) is 0 Å². The lowest BCUT2D eigenvalue weighted by molar-refractivity contribution is -0.152. The van der Waals surface area contributed by atoms with E-state index in [0.717, 1.165) is 24.0 Å². The summed E-state index contributed by atoms with van der Waals surface area (Å²) in [5, 5.41) is 24.1. The lowest BCUT2D eigenvalue weighted by Crippen LogP contribution is -2.50. The molecule has 0 amide bonds. The minimum Gasteiger partial charge on any atom is -0.507 e. The molecule has 0 fully saturated rings. The first-order valence-corrected chi connectivity index (χ1v) is 23.5. The summed E-state index contributed by atoms with van der Waals surface area (Å²) in [6.07, 6.45) is 1.87. The molecular weight excluding hydrogens is 805 g/mol. The second kappa shape index (κ2) is 17.6. The molecule has 0 saturated carbocycles. The van der Waals surface area contributed by atoms with Gasteiger partial charge < -0.3 is 19.7 Å². The molecule has 0 heterocycles. The summed E-state index contributed by atoms with van der Waals surface area (Å²) in [4.78, 5) is 32.0. The first-order chi connectivity index (χ1) is 29.1. The van der Waals surface area contributed by atoms with Crippen LogP contribution in [0.4, 0.5) is 0 Å². The third-order valence-electron chi connectivity index (χ3n) is 12.6. The number of carbonyl (C=O) groups is 2. The van der Waals surface area contributed by atoms with E-state index in [0.29, 0.717) is 22.3 Å². The number of phenols is 2. The number of hydrogen-bond donors (Lipinski definition) is 2. The molecule has 4 aromatic rings. The fraction of sp³-hybridized carbons (Fsp3) is 0.559. The molecule has 0 aliphatic heterocycles. The minimum atomic E-state index is -2.28. The second-order valence-electron chi connectivity index (χ2n) is 26.7. The van der Waals surface area contributed by atoms with Crippen molar-refractivity contribution in [2.24, 2.45) is 10.8 Å². The molecule has 0 atom stereocenters. The van der Waals surface area contributed by atoms with Gasteiger partial charge in [-0.05, 0) is 149 Å². The zero-order chi connectivity index (χ0) is 49.9. The van der Waals surface area contributed by atoms with Crippen molar-refractivity contribution in [3.05, 3.63) is 117 Å². The molecule has 4 rings (SSSR count). The van der Waals surface area contributed by atoms with Crippen molar-refractivity contribution in [1.29, 1.82) is 0 Å². The van der Waals surface area contributed by atoms with Crippen molar-refractivity contribution in [2.45, 2.75) is 203 Å². The van der Waals surface area contributed by atoms with Crippen LogP contribution in [0.15, 0.2) is 72.8 Å². The van der Waals surface area contributed by atoms with Crippen LogP contribution in [0.25, 0.3) is 0 Å². The Hall–Kier alpha value is -4.58. The van der Waals surface area contributed by atoms with E-state index in [1.807, 2.05) is 107 Å². The van der Waals surface area contributed by atoms with Crippen LogP contribution >= 0.6 is 0 Å². The number of hydrogen-bond acceptors (Lipinski definition) is 6. The maximum absolute atomic E-state index is 16.0. The van der Waals surface area contributed by atoms with E-state index in [-0.39, 0.29) is 55.8 Å². The number of aromatic hydroxyl groups is 2. The maximum atomic E-state index is 16.0. The molecule has 0 aliphatic carbocycles. The number of carbonyl (C=O) groups excluding carboxylic acids is 2. The fourth-order valence-corrected chi connectivity index (χ4v) is 9.88. The molecule has 0 spiro atoms. The standard InChI is InChI=1S/C59H84O6/c1-51(2,3)35-57(19,20)37-23-27-41(28-24-37)64-49(62)59(39-31-43(53(7,8)9)47(60)44(32-39)54(10,11)12,40-33-45(55(13,14)15)48(61)46(34-40)56(16,17)18)50(63)65-42-29-25-38(26-30-42)58(21,22)36-52(4,5)6/h23-34,60-61H,35-36H2,1-22H3. The van der Waals surface area contributed by atoms with Gasteiger partial charge in [0.15, 0.2) is 0 Å². The van der Waals surface area contributed by atoms with E-state index in [1.54, 1.807) is 48.5 Å². The zero-order valence-corrected chi connectivity index (χ0v) is 44.4.